The first-order valence-electron chi connectivity index (χ1n) is 9.04. The molecule has 3 aromatic rings. The third-order valence-corrected chi connectivity index (χ3v) is 4.72. The second kappa shape index (κ2) is 7.67. The number of fused-ring (bicyclic) bond motifs is 2. The largest absolute Gasteiger partial charge is 0.492 e. The van der Waals surface area contributed by atoms with Gasteiger partial charge in [-0.05, 0) is 47.0 Å². The molecule has 0 aromatic heterocycles. The molecule has 1 aliphatic rings. The molecule has 0 bridgehead atoms. The molecule has 0 unspecified atom stereocenters. The van der Waals surface area contributed by atoms with E-state index in [1.165, 1.54) is 0 Å². The Kier molecular flexibility index (Phi) is 4.93. The summed E-state index contributed by atoms with van der Waals surface area (Å²) in [5.74, 6) is 1.81. The zero-order chi connectivity index (χ0) is 17.8. The Bertz CT molecular complexity index is 893. The van der Waals surface area contributed by atoms with E-state index in [1.807, 2.05) is 30.3 Å². The summed E-state index contributed by atoms with van der Waals surface area (Å²) >= 11 is 0. The topological polar surface area (TPSA) is 41.6 Å². The molecule has 133 valence electrons. The number of rotatable bonds is 6. The monoisotopic (exact) mass is 348 g/mol. The van der Waals surface area contributed by atoms with Crippen molar-refractivity contribution in [3.8, 4) is 11.5 Å². The molecule has 0 saturated carbocycles. The fourth-order valence-electron chi connectivity index (χ4n) is 3.37. The zero-order valence-electron chi connectivity index (χ0n) is 14.7. The Morgan fingerprint density at radius 2 is 1.85 bits per heavy atom. The summed E-state index contributed by atoms with van der Waals surface area (Å²) in [6, 6.07) is 20.4. The summed E-state index contributed by atoms with van der Waals surface area (Å²) < 4.78 is 11.7. The van der Waals surface area contributed by atoms with E-state index in [0.29, 0.717) is 19.6 Å². The minimum Gasteiger partial charge on any atom is -0.492 e. The van der Waals surface area contributed by atoms with E-state index < -0.39 is 0 Å². The quantitative estimate of drug-likeness (QED) is 0.674. The average Bonchev–Trinajstić information content (AvgIpc) is 2.68. The highest BCUT2D eigenvalue weighted by Crippen LogP contribution is 2.30. The first kappa shape index (κ1) is 16.7. The van der Waals surface area contributed by atoms with Crippen molar-refractivity contribution in [1.29, 1.82) is 0 Å². The van der Waals surface area contributed by atoms with E-state index >= 15 is 0 Å². The summed E-state index contributed by atoms with van der Waals surface area (Å²) in [6.07, 6.45) is 0.579. The first-order valence-corrected chi connectivity index (χ1v) is 9.04. The van der Waals surface area contributed by atoms with Crippen molar-refractivity contribution in [1.82, 2.24) is 0 Å². The lowest BCUT2D eigenvalue weighted by Crippen LogP contribution is -2.35. The van der Waals surface area contributed by atoms with Crippen molar-refractivity contribution in [3.63, 3.8) is 0 Å². The van der Waals surface area contributed by atoms with Crippen LogP contribution in [0.15, 0.2) is 60.7 Å². The van der Waals surface area contributed by atoms with Gasteiger partial charge in [-0.3, -0.25) is 0 Å². The second-order valence-electron chi connectivity index (χ2n) is 6.45. The number of benzene rings is 3. The Morgan fingerprint density at radius 3 is 2.77 bits per heavy atom. The van der Waals surface area contributed by atoms with Crippen LogP contribution in [-0.2, 0) is 11.5 Å². The van der Waals surface area contributed by atoms with Crippen LogP contribution in [0.25, 0.3) is 10.8 Å². The number of anilines is 1. The van der Waals surface area contributed by atoms with Gasteiger partial charge in [-0.2, -0.15) is 0 Å². The van der Waals surface area contributed by atoms with Crippen molar-refractivity contribution in [2.75, 3.05) is 37.8 Å². The minimum absolute atomic E-state index is 0.0721. The maximum atomic E-state index is 10.8. The van der Waals surface area contributed by atoms with Crippen LogP contribution in [0, 0.1) is 0 Å². The fourth-order valence-corrected chi connectivity index (χ4v) is 3.37. The molecular weight excluding hydrogens is 326 g/mol. The third kappa shape index (κ3) is 3.60. The number of hydrogen-bond acceptors (Lipinski definition) is 3. The van der Waals surface area contributed by atoms with Crippen LogP contribution < -0.4 is 14.4 Å². The van der Waals surface area contributed by atoms with Gasteiger partial charge in [0.05, 0.1) is 25.4 Å². The zero-order valence-corrected chi connectivity index (χ0v) is 14.7. The molecule has 0 amide bonds. The van der Waals surface area contributed by atoms with Crippen molar-refractivity contribution in [2.24, 2.45) is 0 Å². The summed E-state index contributed by atoms with van der Waals surface area (Å²) in [6.45, 7) is 2.95. The summed E-state index contributed by atoms with van der Waals surface area (Å²) in [5.41, 5.74) is 2.22. The lowest BCUT2D eigenvalue weighted by molar-refractivity contribution is 0.197. The third-order valence-electron chi connectivity index (χ3n) is 4.72. The van der Waals surface area contributed by atoms with Crippen molar-refractivity contribution >= 4 is 16.5 Å². The Balaban J connectivity index is 1.40. The molecule has 0 spiro atoms. The molecule has 1 heterocycles. The summed E-state index contributed by atoms with van der Waals surface area (Å²) in [7, 11) is 0. The van der Waals surface area contributed by atoms with Gasteiger partial charge in [-0.25, -0.2) is 5.11 Å². The normalized spacial score (nSPS) is 13.3. The molecule has 0 saturated heterocycles. The molecule has 1 aliphatic heterocycles. The van der Waals surface area contributed by atoms with E-state index in [0.717, 1.165) is 46.6 Å². The maximum Gasteiger partial charge on any atom is 0.142 e. The predicted molar refractivity (Wildman–Crippen MR) is 103 cm³/mol. The Hall–Kier alpha value is -2.72. The van der Waals surface area contributed by atoms with Gasteiger partial charge in [-0.15, -0.1) is 0 Å². The number of para-hydroxylation sites is 2. The van der Waals surface area contributed by atoms with Crippen molar-refractivity contribution in [3.05, 3.63) is 66.2 Å². The van der Waals surface area contributed by atoms with E-state index in [9.17, 15) is 5.11 Å². The number of hydrogen-bond donors (Lipinski definition) is 0. The van der Waals surface area contributed by atoms with Gasteiger partial charge in [0.2, 0.25) is 0 Å². The molecule has 4 nitrogen and oxygen atoms in total. The fraction of sp³-hybridized carbons (Fsp3) is 0.273. The molecule has 4 rings (SSSR count). The van der Waals surface area contributed by atoms with Crippen LogP contribution in [-0.4, -0.2) is 32.9 Å². The highest BCUT2D eigenvalue weighted by molar-refractivity contribution is 5.84. The lowest BCUT2D eigenvalue weighted by Gasteiger charge is -2.31. The average molecular weight is 348 g/mol. The molecule has 0 N–H and O–H groups in total. The maximum absolute atomic E-state index is 10.8. The van der Waals surface area contributed by atoms with Crippen LogP contribution in [0.2, 0.25) is 0 Å². The van der Waals surface area contributed by atoms with Gasteiger partial charge < -0.3 is 14.4 Å². The predicted octanol–water partition coefficient (Wildman–Crippen LogP) is 4.09. The molecular formula is C22H22NO3. The van der Waals surface area contributed by atoms with Gasteiger partial charge in [0.15, 0.2) is 0 Å². The molecule has 0 aliphatic carbocycles. The van der Waals surface area contributed by atoms with Crippen LogP contribution in [0.4, 0.5) is 5.69 Å². The van der Waals surface area contributed by atoms with Gasteiger partial charge in [0, 0.05) is 0 Å². The second-order valence-corrected chi connectivity index (χ2v) is 6.45. The van der Waals surface area contributed by atoms with E-state index in [1.54, 1.807) is 0 Å². The van der Waals surface area contributed by atoms with E-state index in [4.69, 9.17) is 9.47 Å². The molecule has 4 heteroatoms. The first-order chi connectivity index (χ1) is 12.8. The van der Waals surface area contributed by atoms with Crippen molar-refractivity contribution < 1.29 is 14.6 Å². The number of nitrogens with zero attached hydrogens (tertiary/aromatic N) is 1. The van der Waals surface area contributed by atoms with Gasteiger partial charge in [0.1, 0.15) is 24.7 Å². The van der Waals surface area contributed by atoms with Crippen LogP contribution in [0.3, 0.4) is 0 Å². The number of ether oxygens (including phenoxy) is 2. The molecule has 1 radical (unpaired) electrons. The van der Waals surface area contributed by atoms with Crippen LogP contribution >= 0.6 is 0 Å². The molecule has 26 heavy (non-hydrogen) atoms. The van der Waals surface area contributed by atoms with E-state index in [2.05, 4.69) is 35.2 Å². The molecule has 0 atom stereocenters. The van der Waals surface area contributed by atoms with Crippen molar-refractivity contribution in [2.45, 2.75) is 6.42 Å². The smallest absolute Gasteiger partial charge is 0.142 e. The standard InChI is InChI=1S/C22H22NO3/c24-12-9-17-5-6-19-16-20(8-7-18(19)15-17)25-13-10-23-11-14-26-22-4-2-1-3-21(22)23/h1-8,15-16H,9-14H2. The van der Waals surface area contributed by atoms with Gasteiger partial charge in [-0.1, -0.05) is 36.4 Å². The Morgan fingerprint density at radius 1 is 1.00 bits per heavy atom. The lowest BCUT2D eigenvalue weighted by atomic mass is 10.1. The van der Waals surface area contributed by atoms with Crippen LogP contribution in [0.5, 0.6) is 11.5 Å². The minimum atomic E-state index is -0.0721. The highest BCUT2D eigenvalue weighted by atomic mass is 16.5. The van der Waals surface area contributed by atoms with Gasteiger partial charge in [0.25, 0.3) is 0 Å². The Labute approximate surface area is 153 Å². The summed E-state index contributed by atoms with van der Waals surface area (Å²) in [4.78, 5) is 2.30. The summed E-state index contributed by atoms with van der Waals surface area (Å²) in [5, 5.41) is 13.1. The van der Waals surface area contributed by atoms with Crippen LogP contribution in [0.1, 0.15) is 5.56 Å². The molecule has 3 aromatic carbocycles. The highest BCUT2D eigenvalue weighted by Gasteiger charge is 2.16. The van der Waals surface area contributed by atoms with E-state index in [-0.39, 0.29) is 6.61 Å². The molecule has 0 fully saturated rings. The van der Waals surface area contributed by atoms with Gasteiger partial charge >= 0.3 is 0 Å². The SMILES string of the molecule is [O]CCc1ccc2cc(OCCN3CCOc4ccccc43)ccc2c1.